The largest absolute Gasteiger partial charge is 0.497 e. The molecule has 0 saturated carbocycles. The zero-order valence-electron chi connectivity index (χ0n) is 14.3. The summed E-state index contributed by atoms with van der Waals surface area (Å²) >= 11 is 0. The number of aromatic nitrogens is 2. The summed E-state index contributed by atoms with van der Waals surface area (Å²) in [4.78, 5) is 4.84. The highest BCUT2D eigenvalue weighted by Crippen LogP contribution is 2.32. The van der Waals surface area contributed by atoms with Gasteiger partial charge in [0.15, 0.2) is 0 Å². The molecule has 0 spiro atoms. The van der Waals surface area contributed by atoms with Crippen molar-refractivity contribution in [1.82, 2.24) is 9.38 Å². The molecule has 3 aromatic rings. The van der Waals surface area contributed by atoms with Crippen LogP contribution in [0.3, 0.4) is 0 Å². The Hall–Kier alpha value is -2.49. The molecule has 120 valence electrons. The lowest BCUT2D eigenvalue weighted by Gasteiger charge is -2.23. The molecule has 0 fully saturated rings. The van der Waals surface area contributed by atoms with Crippen LogP contribution in [-0.4, -0.2) is 22.0 Å². The molecule has 0 radical (unpaired) electrons. The van der Waals surface area contributed by atoms with E-state index in [0.29, 0.717) is 0 Å². The number of nitrogens with zero attached hydrogens (tertiary/aromatic N) is 2. The maximum Gasteiger partial charge on any atom is 0.139 e. The average Bonchev–Trinajstić information content (AvgIpc) is 2.85. The minimum Gasteiger partial charge on any atom is -0.497 e. The first kappa shape index (κ1) is 15.4. The van der Waals surface area contributed by atoms with E-state index in [0.717, 1.165) is 34.2 Å². The molecule has 2 heterocycles. The standard InChI is InChI=1S/C19H23N3O/c1-13-7-6-8-16-20-17(14-9-11-15(23-5)12-10-14)18(22(13)16)21-19(2,3)4/h6-12,21H,1-5H3. The van der Waals surface area contributed by atoms with Crippen LogP contribution in [-0.2, 0) is 0 Å². The zero-order chi connectivity index (χ0) is 16.6. The molecule has 23 heavy (non-hydrogen) atoms. The Kier molecular flexibility index (Phi) is 3.76. The van der Waals surface area contributed by atoms with Gasteiger partial charge in [0, 0.05) is 16.8 Å². The van der Waals surface area contributed by atoms with Crippen LogP contribution in [0.25, 0.3) is 16.9 Å². The molecule has 4 nitrogen and oxygen atoms in total. The lowest BCUT2D eigenvalue weighted by Crippen LogP contribution is -2.27. The molecule has 1 aromatic carbocycles. The van der Waals surface area contributed by atoms with Crippen molar-refractivity contribution in [3.63, 3.8) is 0 Å². The van der Waals surface area contributed by atoms with Crippen molar-refractivity contribution < 1.29 is 4.74 Å². The van der Waals surface area contributed by atoms with Crippen molar-refractivity contribution in [1.29, 1.82) is 0 Å². The number of methoxy groups -OCH3 is 1. The average molecular weight is 309 g/mol. The number of fused-ring (bicyclic) bond motifs is 1. The minimum absolute atomic E-state index is 0.0561. The normalized spacial score (nSPS) is 11.7. The number of aryl methyl sites for hydroxylation is 1. The van der Waals surface area contributed by atoms with Gasteiger partial charge in [-0.1, -0.05) is 6.07 Å². The van der Waals surface area contributed by atoms with Gasteiger partial charge in [0.25, 0.3) is 0 Å². The minimum atomic E-state index is -0.0561. The van der Waals surface area contributed by atoms with Crippen LogP contribution in [0.4, 0.5) is 5.82 Å². The number of ether oxygens (including phenoxy) is 1. The third-order valence-corrected chi connectivity index (χ3v) is 3.70. The van der Waals surface area contributed by atoms with Gasteiger partial charge in [0.2, 0.25) is 0 Å². The zero-order valence-corrected chi connectivity index (χ0v) is 14.3. The van der Waals surface area contributed by atoms with Crippen molar-refractivity contribution >= 4 is 11.5 Å². The maximum atomic E-state index is 5.25. The predicted molar refractivity (Wildman–Crippen MR) is 95.3 cm³/mol. The van der Waals surface area contributed by atoms with Crippen LogP contribution in [0.15, 0.2) is 42.5 Å². The maximum absolute atomic E-state index is 5.25. The van der Waals surface area contributed by atoms with E-state index in [2.05, 4.69) is 43.5 Å². The Morgan fingerprint density at radius 1 is 1.04 bits per heavy atom. The van der Waals surface area contributed by atoms with E-state index in [1.165, 1.54) is 0 Å². The predicted octanol–water partition coefficient (Wildman–Crippen LogP) is 4.53. The van der Waals surface area contributed by atoms with Crippen molar-refractivity contribution in [2.24, 2.45) is 0 Å². The number of hydrogen-bond donors (Lipinski definition) is 1. The second-order valence-electron chi connectivity index (χ2n) is 6.77. The molecule has 4 heteroatoms. The van der Waals surface area contributed by atoms with Crippen LogP contribution in [0, 0.1) is 6.92 Å². The van der Waals surface area contributed by atoms with Gasteiger partial charge < -0.3 is 10.1 Å². The molecule has 3 rings (SSSR count). The fraction of sp³-hybridized carbons (Fsp3) is 0.316. The summed E-state index contributed by atoms with van der Waals surface area (Å²) < 4.78 is 7.42. The molecule has 0 aliphatic rings. The summed E-state index contributed by atoms with van der Waals surface area (Å²) in [5.74, 6) is 1.87. The van der Waals surface area contributed by atoms with Crippen molar-refractivity contribution in [2.45, 2.75) is 33.2 Å². The summed E-state index contributed by atoms with van der Waals surface area (Å²) in [5.41, 5.74) is 4.07. The van der Waals surface area contributed by atoms with Gasteiger partial charge in [0.05, 0.1) is 7.11 Å². The van der Waals surface area contributed by atoms with E-state index in [-0.39, 0.29) is 5.54 Å². The Balaban J connectivity index is 2.22. The summed E-state index contributed by atoms with van der Waals surface area (Å²) in [6.45, 7) is 8.56. The van der Waals surface area contributed by atoms with Crippen LogP contribution < -0.4 is 10.1 Å². The first-order valence-corrected chi connectivity index (χ1v) is 7.80. The summed E-state index contributed by atoms with van der Waals surface area (Å²) in [6.07, 6.45) is 0. The summed E-state index contributed by atoms with van der Waals surface area (Å²) in [7, 11) is 1.68. The quantitative estimate of drug-likeness (QED) is 0.772. The number of pyridine rings is 1. The second-order valence-corrected chi connectivity index (χ2v) is 6.77. The third-order valence-electron chi connectivity index (χ3n) is 3.70. The monoisotopic (exact) mass is 309 g/mol. The van der Waals surface area contributed by atoms with E-state index >= 15 is 0 Å². The van der Waals surface area contributed by atoms with E-state index in [1.807, 2.05) is 36.4 Å². The van der Waals surface area contributed by atoms with Crippen molar-refractivity contribution in [3.8, 4) is 17.0 Å². The Labute approximate surface area is 137 Å². The molecular weight excluding hydrogens is 286 g/mol. The van der Waals surface area contributed by atoms with Crippen molar-refractivity contribution in [2.75, 3.05) is 12.4 Å². The van der Waals surface area contributed by atoms with Gasteiger partial charge in [-0.2, -0.15) is 0 Å². The fourth-order valence-electron chi connectivity index (χ4n) is 2.68. The van der Waals surface area contributed by atoms with Gasteiger partial charge in [-0.3, -0.25) is 4.40 Å². The molecule has 0 amide bonds. The molecule has 0 bridgehead atoms. The first-order valence-electron chi connectivity index (χ1n) is 7.80. The lowest BCUT2D eigenvalue weighted by molar-refractivity contribution is 0.415. The number of rotatable bonds is 3. The topological polar surface area (TPSA) is 38.6 Å². The summed E-state index contributed by atoms with van der Waals surface area (Å²) in [6, 6.07) is 14.2. The number of anilines is 1. The highest BCUT2D eigenvalue weighted by Gasteiger charge is 2.20. The number of benzene rings is 1. The molecule has 0 unspecified atom stereocenters. The van der Waals surface area contributed by atoms with Gasteiger partial charge in [-0.25, -0.2) is 4.98 Å². The van der Waals surface area contributed by atoms with Crippen LogP contribution in [0.2, 0.25) is 0 Å². The van der Waals surface area contributed by atoms with E-state index in [1.54, 1.807) is 7.11 Å². The molecule has 0 saturated heterocycles. The van der Waals surface area contributed by atoms with Crippen LogP contribution in [0.1, 0.15) is 26.5 Å². The SMILES string of the molecule is COc1ccc(-c2nc3cccc(C)n3c2NC(C)(C)C)cc1. The van der Waals surface area contributed by atoms with Gasteiger partial charge in [-0.05, 0) is 64.1 Å². The summed E-state index contributed by atoms with van der Waals surface area (Å²) in [5, 5.41) is 3.61. The first-order chi connectivity index (χ1) is 10.9. The van der Waals surface area contributed by atoms with Crippen LogP contribution in [0.5, 0.6) is 5.75 Å². The van der Waals surface area contributed by atoms with Crippen LogP contribution >= 0.6 is 0 Å². The molecule has 0 aliphatic carbocycles. The fourth-order valence-corrected chi connectivity index (χ4v) is 2.68. The highest BCUT2D eigenvalue weighted by atomic mass is 16.5. The number of imidazole rings is 1. The lowest BCUT2D eigenvalue weighted by atomic mass is 10.1. The Morgan fingerprint density at radius 3 is 2.35 bits per heavy atom. The molecule has 0 aliphatic heterocycles. The molecule has 2 aromatic heterocycles. The van der Waals surface area contributed by atoms with Gasteiger partial charge >= 0.3 is 0 Å². The number of hydrogen-bond acceptors (Lipinski definition) is 3. The van der Waals surface area contributed by atoms with E-state index in [9.17, 15) is 0 Å². The van der Waals surface area contributed by atoms with E-state index < -0.39 is 0 Å². The smallest absolute Gasteiger partial charge is 0.139 e. The third kappa shape index (κ3) is 3.02. The highest BCUT2D eigenvalue weighted by molar-refractivity contribution is 5.77. The number of nitrogens with one attached hydrogen (secondary N) is 1. The second kappa shape index (κ2) is 5.61. The van der Waals surface area contributed by atoms with Crippen molar-refractivity contribution in [3.05, 3.63) is 48.2 Å². The molecule has 1 N–H and O–H groups in total. The Morgan fingerprint density at radius 2 is 1.74 bits per heavy atom. The van der Waals surface area contributed by atoms with E-state index in [4.69, 9.17) is 9.72 Å². The molecule has 0 atom stereocenters. The Bertz CT molecular complexity index is 826. The molecular formula is C19H23N3O. The van der Waals surface area contributed by atoms with Gasteiger partial charge in [0.1, 0.15) is 22.9 Å². The van der Waals surface area contributed by atoms with Gasteiger partial charge in [-0.15, -0.1) is 0 Å².